The minimum atomic E-state index is -4.48. The number of aliphatic hydroxyl groups is 2. The maximum absolute atomic E-state index is 12.6. The minimum Gasteiger partial charge on any atom is -0.491 e. The van der Waals surface area contributed by atoms with E-state index in [4.69, 9.17) is 9.84 Å². The van der Waals surface area contributed by atoms with Crippen molar-refractivity contribution in [3.63, 3.8) is 0 Å². The van der Waals surface area contributed by atoms with Crippen molar-refractivity contribution >= 4 is 5.91 Å². The molecule has 184 valence electrons. The van der Waals surface area contributed by atoms with Gasteiger partial charge < -0.3 is 24.8 Å². The van der Waals surface area contributed by atoms with Crippen LogP contribution in [0.3, 0.4) is 0 Å². The number of aryl methyl sites for hydroxylation is 2. The summed E-state index contributed by atoms with van der Waals surface area (Å²) in [5, 5.41) is 20.4. The molecule has 1 unspecified atom stereocenters. The molecule has 2 rings (SSSR count). The van der Waals surface area contributed by atoms with Crippen LogP contribution in [0.25, 0.3) is 0 Å². The molecule has 0 aliphatic heterocycles. The second-order valence-corrected chi connectivity index (χ2v) is 8.11. The van der Waals surface area contributed by atoms with E-state index in [1.807, 2.05) is 57.4 Å². The average Bonchev–Trinajstić information content (AvgIpc) is 3.22. The van der Waals surface area contributed by atoms with Gasteiger partial charge in [0.05, 0.1) is 6.61 Å². The summed E-state index contributed by atoms with van der Waals surface area (Å²) in [6, 6.07) is 7.40. The molecule has 0 saturated carbocycles. The lowest BCUT2D eigenvalue weighted by atomic mass is 9.71. The van der Waals surface area contributed by atoms with Gasteiger partial charge in [0.2, 0.25) is 0 Å². The highest BCUT2D eigenvalue weighted by molar-refractivity contribution is 5.93. The highest BCUT2D eigenvalue weighted by Gasteiger charge is 2.34. The largest absolute Gasteiger partial charge is 0.491 e. The Morgan fingerprint density at radius 2 is 1.82 bits per heavy atom. The first-order valence-electron chi connectivity index (χ1n) is 11.1. The number of benzene rings is 1. The SMILES string of the molecule is CCn1cc(C(CC)(CC)c2ccc(OCC(O)CO)c(C)c2)cc1C(=O)NCC(F)(F)F. The van der Waals surface area contributed by atoms with Crippen molar-refractivity contribution < 1.29 is 32.9 Å². The average molecular weight is 471 g/mol. The molecule has 0 bridgehead atoms. The number of alkyl halides is 3. The fraction of sp³-hybridized carbons (Fsp3) is 0.542. The molecule has 33 heavy (non-hydrogen) atoms. The van der Waals surface area contributed by atoms with E-state index in [0.29, 0.717) is 25.1 Å². The second-order valence-electron chi connectivity index (χ2n) is 8.11. The quantitative estimate of drug-likeness (QED) is 0.465. The number of amides is 1. The van der Waals surface area contributed by atoms with Crippen LogP contribution >= 0.6 is 0 Å². The van der Waals surface area contributed by atoms with E-state index < -0.39 is 30.1 Å². The standard InChI is InChI=1S/C24H33F3N2O4/c1-5-23(6-2,17-8-9-21(16(4)10-17)33-14-19(31)13-30)18-11-20(29(7-3)12-18)22(32)28-15-24(25,26)27/h8-12,19,30-31H,5-7,13-15H2,1-4H3,(H,28,32). The molecule has 1 aromatic heterocycles. The van der Waals surface area contributed by atoms with Crippen molar-refractivity contribution in [1.29, 1.82) is 0 Å². The van der Waals surface area contributed by atoms with Crippen LogP contribution in [0, 0.1) is 6.92 Å². The van der Waals surface area contributed by atoms with Crippen molar-refractivity contribution in [3.8, 4) is 5.75 Å². The maximum Gasteiger partial charge on any atom is 0.405 e. The number of aliphatic hydroxyl groups excluding tert-OH is 2. The summed E-state index contributed by atoms with van der Waals surface area (Å²) >= 11 is 0. The molecule has 3 N–H and O–H groups in total. The van der Waals surface area contributed by atoms with E-state index in [2.05, 4.69) is 0 Å². The van der Waals surface area contributed by atoms with Crippen LogP contribution in [0.2, 0.25) is 0 Å². The molecule has 0 aliphatic rings. The summed E-state index contributed by atoms with van der Waals surface area (Å²) < 4.78 is 45.0. The summed E-state index contributed by atoms with van der Waals surface area (Å²) in [6.45, 7) is 6.43. The zero-order chi connectivity index (χ0) is 24.8. The van der Waals surface area contributed by atoms with Gasteiger partial charge in [-0.1, -0.05) is 26.0 Å². The van der Waals surface area contributed by atoms with E-state index in [1.165, 1.54) is 0 Å². The lowest BCUT2D eigenvalue weighted by Crippen LogP contribution is -2.34. The lowest BCUT2D eigenvalue weighted by molar-refractivity contribution is -0.123. The third-order valence-electron chi connectivity index (χ3n) is 6.05. The molecule has 1 atom stereocenters. The van der Waals surface area contributed by atoms with Crippen molar-refractivity contribution in [2.45, 2.75) is 64.8 Å². The number of nitrogens with zero attached hydrogens (tertiary/aromatic N) is 1. The van der Waals surface area contributed by atoms with E-state index in [9.17, 15) is 23.1 Å². The van der Waals surface area contributed by atoms with E-state index in [0.717, 1.165) is 16.7 Å². The van der Waals surface area contributed by atoms with Gasteiger partial charge in [-0.3, -0.25) is 4.79 Å². The maximum atomic E-state index is 12.6. The zero-order valence-corrected chi connectivity index (χ0v) is 19.5. The summed E-state index contributed by atoms with van der Waals surface area (Å²) in [7, 11) is 0. The number of aromatic nitrogens is 1. The third kappa shape index (κ3) is 6.29. The number of carbonyl (C=O) groups is 1. The van der Waals surface area contributed by atoms with Gasteiger partial charge >= 0.3 is 6.18 Å². The van der Waals surface area contributed by atoms with Crippen LogP contribution in [0.4, 0.5) is 13.2 Å². The van der Waals surface area contributed by atoms with Crippen LogP contribution < -0.4 is 10.1 Å². The van der Waals surface area contributed by atoms with Gasteiger partial charge in [-0.2, -0.15) is 13.2 Å². The predicted octanol–water partition coefficient (Wildman–Crippen LogP) is 3.95. The Morgan fingerprint density at radius 3 is 2.33 bits per heavy atom. The van der Waals surface area contributed by atoms with Crippen LogP contribution in [0.5, 0.6) is 5.75 Å². The monoisotopic (exact) mass is 470 g/mol. The summed E-state index contributed by atoms with van der Waals surface area (Å²) in [4.78, 5) is 12.5. The molecule has 0 radical (unpaired) electrons. The number of rotatable bonds is 11. The van der Waals surface area contributed by atoms with Gasteiger partial charge in [0, 0.05) is 18.2 Å². The number of nitrogens with one attached hydrogen (secondary N) is 1. The van der Waals surface area contributed by atoms with Gasteiger partial charge in [0.25, 0.3) is 5.91 Å². The first-order valence-corrected chi connectivity index (χ1v) is 11.1. The summed E-state index contributed by atoms with van der Waals surface area (Å²) in [6.07, 6.45) is -2.18. The Kier molecular flexibility index (Phi) is 8.97. The van der Waals surface area contributed by atoms with E-state index >= 15 is 0 Å². The molecule has 1 amide bonds. The number of carbonyl (C=O) groups excluding carboxylic acids is 1. The second kappa shape index (κ2) is 11.1. The van der Waals surface area contributed by atoms with Crippen molar-refractivity contribution in [1.82, 2.24) is 9.88 Å². The fourth-order valence-corrected chi connectivity index (χ4v) is 4.08. The van der Waals surface area contributed by atoms with E-state index in [1.54, 1.807) is 10.6 Å². The van der Waals surface area contributed by atoms with Crippen molar-refractivity contribution in [3.05, 3.63) is 52.8 Å². The highest BCUT2D eigenvalue weighted by atomic mass is 19.4. The first kappa shape index (κ1) is 26.7. The third-order valence-corrected chi connectivity index (χ3v) is 6.05. The van der Waals surface area contributed by atoms with Crippen LogP contribution in [0.15, 0.2) is 30.5 Å². The number of hydrogen-bond acceptors (Lipinski definition) is 4. The molecule has 2 aromatic rings. The smallest absolute Gasteiger partial charge is 0.405 e. The highest BCUT2D eigenvalue weighted by Crippen LogP contribution is 2.41. The normalized spacial score (nSPS) is 13.1. The molecule has 1 heterocycles. The van der Waals surface area contributed by atoms with Gasteiger partial charge in [0.15, 0.2) is 0 Å². The van der Waals surface area contributed by atoms with Crippen LogP contribution in [-0.4, -0.2) is 52.7 Å². The Balaban J connectivity index is 2.41. The molecule has 0 fully saturated rings. The molecule has 0 saturated heterocycles. The fourth-order valence-electron chi connectivity index (χ4n) is 4.08. The lowest BCUT2D eigenvalue weighted by Gasteiger charge is -2.32. The Labute approximate surface area is 192 Å². The number of hydrogen-bond donors (Lipinski definition) is 3. The number of ether oxygens (including phenoxy) is 1. The molecule has 6 nitrogen and oxygen atoms in total. The molecule has 0 spiro atoms. The summed E-state index contributed by atoms with van der Waals surface area (Å²) in [5.74, 6) is -0.172. The van der Waals surface area contributed by atoms with Gasteiger partial charge in [-0.15, -0.1) is 0 Å². The van der Waals surface area contributed by atoms with Gasteiger partial charge in [-0.05, 0) is 55.5 Å². The minimum absolute atomic E-state index is 0.0286. The molecule has 1 aromatic carbocycles. The molecule has 9 heteroatoms. The Morgan fingerprint density at radius 1 is 1.15 bits per heavy atom. The Hall–Kier alpha value is -2.52. The van der Waals surface area contributed by atoms with Gasteiger partial charge in [0.1, 0.15) is 30.7 Å². The Bertz CT molecular complexity index is 936. The molecule has 0 aliphatic carbocycles. The van der Waals surface area contributed by atoms with Gasteiger partial charge in [-0.25, -0.2) is 0 Å². The molecular weight excluding hydrogens is 437 g/mol. The molecular formula is C24H33F3N2O4. The zero-order valence-electron chi connectivity index (χ0n) is 19.5. The number of halogens is 3. The topological polar surface area (TPSA) is 83.7 Å². The summed E-state index contributed by atoms with van der Waals surface area (Å²) in [5.41, 5.74) is 2.44. The van der Waals surface area contributed by atoms with Crippen LogP contribution in [0.1, 0.15) is 60.8 Å². The van der Waals surface area contributed by atoms with E-state index in [-0.39, 0.29) is 18.9 Å². The van der Waals surface area contributed by atoms with Crippen molar-refractivity contribution in [2.24, 2.45) is 0 Å². The van der Waals surface area contributed by atoms with Crippen LogP contribution in [-0.2, 0) is 12.0 Å². The predicted molar refractivity (Wildman–Crippen MR) is 120 cm³/mol. The van der Waals surface area contributed by atoms with Crippen molar-refractivity contribution in [2.75, 3.05) is 19.8 Å². The first-order chi connectivity index (χ1) is 15.5.